The summed E-state index contributed by atoms with van der Waals surface area (Å²) in [4.78, 5) is 0. The standard InChI is InChI=1S/C9H12FNO2/c10-7(5-11)6-13-9-3-1-2-8(12)4-9/h1-4,7,12H,5-6,11H2. The second-order valence-electron chi connectivity index (χ2n) is 2.64. The van der Waals surface area contributed by atoms with E-state index in [0.29, 0.717) is 5.75 Å². The maximum absolute atomic E-state index is 12.6. The predicted octanol–water partition coefficient (Wildman–Crippen LogP) is 1.07. The first-order valence-electron chi connectivity index (χ1n) is 3.98. The number of halogens is 1. The highest BCUT2D eigenvalue weighted by molar-refractivity contribution is 5.31. The number of nitrogens with two attached hydrogens (primary N) is 1. The van der Waals surface area contributed by atoms with Crippen LogP contribution in [0.2, 0.25) is 0 Å². The van der Waals surface area contributed by atoms with Gasteiger partial charge in [0.2, 0.25) is 0 Å². The molecule has 0 aromatic heterocycles. The Balaban J connectivity index is 2.45. The topological polar surface area (TPSA) is 55.5 Å². The minimum Gasteiger partial charge on any atom is -0.508 e. The zero-order valence-corrected chi connectivity index (χ0v) is 7.11. The maximum atomic E-state index is 12.6. The van der Waals surface area contributed by atoms with Gasteiger partial charge in [0.15, 0.2) is 0 Å². The first-order chi connectivity index (χ1) is 6.22. The number of hydrogen-bond acceptors (Lipinski definition) is 3. The van der Waals surface area contributed by atoms with Gasteiger partial charge in [-0.2, -0.15) is 0 Å². The SMILES string of the molecule is NCC(F)COc1cccc(O)c1. The zero-order valence-electron chi connectivity index (χ0n) is 7.11. The molecule has 0 radical (unpaired) electrons. The van der Waals surface area contributed by atoms with Crippen LogP contribution in [0.5, 0.6) is 11.5 Å². The lowest BCUT2D eigenvalue weighted by molar-refractivity contribution is 0.200. The summed E-state index contributed by atoms with van der Waals surface area (Å²) in [5.41, 5.74) is 5.06. The summed E-state index contributed by atoms with van der Waals surface area (Å²) in [6.45, 7) is -0.140. The van der Waals surface area contributed by atoms with Crippen LogP contribution in [0.15, 0.2) is 24.3 Å². The minimum absolute atomic E-state index is 0.0567. The normalized spacial score (nSPS) is 12.5. The fourth-order valence-electron chi connectivity index (χ4n) is 0.828. The average molecular weight is 185 g/mol. The first kappa shape index (κ1) is 9.80. The Morgan fingerprint density at radius 2 is 2.31 bits per heavy atom. The molecule has 0 heterocycles. The van der Waals surface area contributed by atoms with E-state index in [1.54, 1.807) is 12.1 Å². The lowest BCUT2D eigenvalue weighted by Gasteiger charge is -2.08. The summed E-state index contributed by atoms with van der Waals surface area (Å²) in [5.74, 6) is 0.539. The van der Waals surface area contributed by atoms with E-state index in [0.717, 1.165) is 0 Å². The molecule has 1 rings (SSSR count). The van der Waals surface area contributed by atoms with E-state index in [1.807, 2.05) is 0 Å². The van der Waals surface area contributed by atoms with Crippen molar-refractivity contribution < 1.29 is 14.2 Å². The van der Waals surface area contributed by atoms with Crippen molar-refractivity contribution in [3.05, 3.63) is 24.3 Å². The lowest BCUT2D eigenvalue weighted by Crippen LogP contribution is -2.22. The Hall–Kier alpha value is -1.29. The lowest BCUT2D eigenvalue weighted by atomic mass is 10.3. The van der Waals surface area contributed by atoms with Crippen molar-refractivity contribution in [2.45, 2.75) is 6.17 Å². The molecule has 1 atom stereocenters. The number of hydrogen-bond donors (Lipinski definition) is 2. The summed E-state index contributed by atoms with van der Waals surface area (Å²) in [6.07, 6.45) is -1.16. The van der Waals surface area contributed by atoms with E-state index in [4.69, 9.17) is 15.6 Å². The Morgan fingerprint density at radius 3 is 2.92 bits per heavy atom. The molecule has 1 unspecified atom stereocenters. The molecule has 0 aliphatic rings. The summed E-state index contributed by atoms with van der Waals surface area (Å²) in [5, 5.41) is 9.04. The molecule has 0 aliphatic carbocycles. The van der Waals surface area contributed by atoms with Crippen LogP contribution in [0.4, 0.5) is 4.39 Å². The van der Waals surface area contributed by atoms with E-state index in [2.05, 4.69) is 0 Å². The van der Waals surface area contributed by atoms with Gasteiger partial charge in [0.25, 0.3) is 0 Å². The highest BCUT2D eigenvalue weighted by Crippen LogP contribution is 2.17. The van der Waals surface area contributed by atoms with Crippen LogP contribution in [0, 0.1) is 0 Å². The third-order valence-electron chi connectivity index (χ3n) is 1.50. The van der Waals surface area contributed by atoms with Crippen molar-refractivity contribution in [2.75, 3.05) is 13.2 Å². The average Bonchev–Trinajstić information content (AvgIpc) is 2.14. The van der Waals surface area contributed by atoms with Gasteiger partial charge >= 0.3 is 0 Å². The predicted molar refractivity (Wildman–Crippen MR) is 47.6 cm³/mol. The molecular formula is C9H12FNO2. The minimum atomic E-state index is -1.16. The van der Waals surface area contributed by atoms with Crippen LogP contribution in [-0.4, -0.2) is 24.4 Å². The van der Waals surface area contributed by atoms with Gasteiger partial charge in [0, 0.05) is 12.6 Å². The molecule has 0 saturated carbocycles. The van der Waals surface area contributed by atoms with Crippen LogP contribution in [0.1, 0.15) is 0 Å². The number of benzene rings is 1. The third kappa shape index (κ3) is 3.29. The Labute approximate surface area is 75.9 Å². The van der Waals surface area contributed by atoms with Crippen molar-refractivity contribution in [1.29, 1.82) is 0 Å². The highest BCUT2D eigenvalue weighted by Gasteiger charge is 2.04. The number of phenols is 1. The van der Waals surface area contributed by atoms with Crippen molar-refractivity contribution in [3.8, 4) is 11.5 Å². The highest BCUT2D eigenvalue weighted by atomic mass is 19.1. The molecule has 3 nitrogen and oxygen atoms in total. The number of aromatic hydroxyl groups is 1. The van der Waals surface area contributed by atoms with Crippen molar-refractivity contribution in [3.63, 3.8) is 0 Å². The summed E-state index contributed by atoms with van der Waals surface area (Å²) in [7, 11) is 0. The van der Waals surface area contributed by atoms with Crippen molar-refractivity contribution >= 4 is 0 Å². The number of phenolic OH excluding ortho intramolecular Hbond substituents is 1. The van der Waals surface area contributed by atoms with Gasteiger partial charge in [0.1, 0.15) is 24.3 Å². The summed E-state index contributed by atoms with van der Waals surface area (Å²) >= 11 is 0. The molecule has 1 aromatic rings. The van der Waals surface area contributed by atoms with E-state index in [9.17, 15) is 4.39 Å². The molecular weight excluding hydrogens is 173 g/mol. The monoisotopic (exact) mass is 185 g/mol. The van der Waals surface area contributed by atoms with Gasteiger partial charge in [-0.05, 0) is 12.1 Å². The van der Waals surface area contributed by atoms with E-state index < -0.39 is 6.17 Å². The van der Waals surface area contributed by atoms with Gasteiger partial charge in [-0.3, -0.25) is 0 Å². The second-order valence-corrected chi connectivity index (χ2v) is 2.64. The molecule has 1 aromatic carbocycles. The second kappa shape index (κ2) is 4.67. The Kier molecular flexibility index (Phi) is 3.52. The van der Waals surface area contributed by atoms with Crippen LogP contribution in [-0.2, 0) is 0 Å². The maximum Gasteiger partial charge on any atom is 0.146 e. The first-order valence-corrected chi connectivity index (χ1v) is 3.98. The molecule has 72 valence electrons. The van der Waals surface area contributed by atoms with Gasteiger partial charge in [-0.25, -0.2) is 4.39 Å². The van der Waals surface area contributed by atoms with Crippen LogP contribution in [0.3, 0.4) is 0 Å². The molecule has 0 amide bonds. The van der Waals surface area contributed by atoms with Gasteiger partial charge in [-0.1, -0.05) is 6.07 Å². The Morgan fingerprint density at radius 1 is 1.54 bits per heavy atom. The van der Waals surface area contributed by atoms with Gasteiger partial charge in [0.05, 0.1) is 0 Å². The van der Waals surface area contributed by atoms with E-state index >= 15 is 0 Å². The van der Waals surface area contributed by atoms with E-state index in [-0.39, 0.29) is 18.9 Å². The molecule has 0 bridgehead atoms. The molecule has 0 saturated heterocycles. The molecule has 3 N–H and O–H groups in total. The molecule has 13 heavy (non-hydrogen) atoms. The fourth-order valence-corrected chi connectivity index (χ4v) is 0.828. The van der Waals surface area contributed by atoms with Crippen molar-refractivity contribution in [2.24, 2.45) is 5.73 Å². The molecule has 0 aliphatic heterocycles. The quantitative estimate of drug-likeness (QED) is 0.737. The number of rotatable bonds is 4. The molecule has 0 spiro atoms. The summed E-state index contributed by atoms with van der Waals surface area (Å²) in [6, 6.07) is 6.20. The third-order valence-corrected chi connectivity index (χ3v) is 1.50. The van der Waals surface area contributed by atoms with Gasteiger partial charge < -0.3 is 15.6 Å². The Bertz CT molecular complexity index is 268. The molecule has 0 fully saturated rings. The van der Waals surface area contributed by atoms with Gasteiger partial charge in [-0.15, -0.1) is 0 Å². The smallest absolute Gasteiger partial charge is 0.146 e. The van der Waals surface area contributed by atoms with E-state index in [1.165, 1.54) is 12.1 Å². The number of alkyl halides is 1. The summed E-state index contributed by atoms with van der Waals surface area (Å²) < 4.78 is 17.6. The van der Waals surface area contributed by atoms with Crippen molar-refractivity contribution in [1.82, 2.24) is 0 Å². The largest absolute Gasteiger partial charge is 0.508 e. The van der Waals surface area contributed by atoms with Crippen LogP contribution in [0.25, 0.3) is 0 Å². The molecule has 4 heteroatoms. The fraction of sp³-hybridized carbons (Fsp3) is 0.333. The van der Waals surface area contributed by atoms with Crippen LogP contribution < -0.4 is 10.5 Å². The zero-order chi connectivity index (χ0) is 9.68. The van der Waals surface area contributed by atoms with Crippen LogP contribution >= 0.6 is 0 Å². The number of ether oxygens (including phenoxy) is 1.